The van der Waals surface area contributed by atoms with Crippen molar-refractivity contribution in [3.8, 4) is 0 Å². The molecule has 0 saturated heterocycles. The Morgan fingerprint density at radius 1 is 1.21 bits per heavy atom. The number of thioether (sulfide) groups is 1. The maximum absolute atomic E-state index is 12.4. The van der Waals surface area contributed by atoms with E-state index in [1.165, 1.54) is 11.8 Å². The average Bonchev–Trinajstić information content (AvgIpc) is 3.05. The molecule has 0 bridgehead atoms. The lowest BCUT2D eigenvalue weighted by atomic mass is 10.0. The summed E-state index contributed by atoms with van der Waals surface area (Å²) in [5.41, 5.74) is 1.95. The fourth-order valence-electron chi connectivity index (χ4n) is 2.27. The van der Waals surface area contributed by atoms with Crippen LogP contribution in [0.3, 0.4) is 0 Å². The number of nitrogens with one attached hydrogen (secondary N) is 2. The number of aromatic nitrogens is 4. The van der Waals surface area contributed by atoms with E-state index in [2.05, 4.69) is 25.5 Å². The van der Waals surface area contributed by atoms with Gasteiger partial charge in [0.15, 0.2) is 0 Å². The van der Waals surface area contributed by atoms with Gasteiger partial charge in [-0.2, -0.15) is 0 Å². The van der Waals surface area contributed by atoms with Crippen molar-refractivity contribution >= 4 is 17.7 Å². The molecule has 3 rings (SSSR count). The molecule has 122 valence electrons. The zero-order chi connectivity index (χ0) is 16.8. The van der Waals surface area contributed by atoms with Gasteiger partial charge in [-0.15, -0.1) is 5.10 Å². The predicted octanol–water partition coefficient (Wildman–Crippen LogP) is 2.51. The molecule has 7 heteroatoms. The van der Waals surface area contributed by atoms with E-state index in [-0.39, 0.29) is 17.7 Å². The van der Waals surface area contributed by atoms with E-state index in [0.717, 1.165) is 17.0 Å². The Bertz CT molecular complexity index is 752. The van der Waals surface area contributed by atoms with Crippen LogP contribution in [0.2, 0.25) is 0 Å². The quantitative estimate of drug-likeness (QED) is 0.674. The van der Waals surface area contributed by atoms with Gasteiger partial charge in [0.05, 0.1) is 11.8 Å². The van der Waals surface area contributed by atoms with Gasteiger partial charge < -0.3 is 5.32 Å². The molecule has 0 aliphatic heterocycles. The number of benzene rings is 1. The fraction of sp³-hybridized carbons (Fsp3) is 0.176. The van der Waals surface area contributed by atoms with Crippen molar-refractivity contribution in [1.29, 1.82) is 0 Å². The number of pyridine rings is 1. The number of rotatable bonds is 6. The van der Waals surface area contributed by atoms with Crippen molar-refractivity contribution in [1.82, 2.24) is 25.5 Å². The molecule has 24 heavy (non-hydrogen) atoms. The highest BCUT2D eigenvalue weighted by Crippen LogP contribution is 2.21. The Morgan fingerprint density at radius 3 is 2.67 bits per heavy atom. The third-order valence-electron chi connectivity index (χ3n) is 3.37. The monoisotopic (exact) mass is 339 g/mol. The van der Waals surface area contributed by atoms with Crippen LogP contribution in [0.1, 0.15) is 23.0 Å². The summed E-state index contributed by atoms with van der Waals surface area (Å²) in [5, 5.41) is 10.4. The van der Waals surface area contributed by atoms with E-state index in [9.17, 15) is 4.79 Å². The molecule has 0 unspecified atom stereocenters. The van der Waals surface area contributed by atoms with Gasteiger partial charge in [0.2, 0.25) is 11.1 Å². The van der Waals surface area contributed by atoms with Gasteiger partial charge in [-0.3, -0.25) is 14.9 Å². The van der Waals surface area contributed by atoms with Gasteiger partial charge in [-0.05, 0) is 24.1 Å². The summed E-state index contributed by atoms with van der Waals surface area (Å²) in [6.07, 6.45) is 3.48. The molecular formula is C17H17N5OS. The summed E-state index contributed by atoms with van der Waals surface area (Å²) in [6.45, 7) is 1.82. The molecule has 0 spiro atoms. The first-order chi connectivity index (χ1) is 11.7. The first kappa shape index (κ1) is 16.2. The van der Waals surface area contributed by atoms with Crippen LogP contribution in [0.15, 0.2) is 60.0 Å². The normalized spacial score (nSPS) is 11.9. The SMILES string of the molecule is Cc1nc(SCC(=O)N[C@H](c2ccccc2)c2cccnc2)n[nH]1. The van der Waals surface area contributed by atoms with Crippen molar-refractivity contribution < 1.29 is 4.79 Å². The Kier molecular flexibility index (Phi) is 5.22. The van der Waals surface area contributed by atoms with Crippen LogP contribution in [0.4, 0.5) is 0 Å². The maximum Gasteiger partial charge on any atom is 0.231 e. The number of carbonyl (C=O) groups is 1. The molecule has 0 radical (unpaired) electrons. The Morgan fingerprint density at radius 2 is 2.00 bits per heavy atom. The molecule has 0 saturated carbocycles. The summed E-state index contributed by atoms with van der Waals surface area (Å²) >= 11 is 1.30. The third-order valence-corrected chi connectivity index (χ3v) is 4.21. The molecule has 0 aliphatic rings. The Hall–Kier alpha value is -2.67. The first-order valence-electron chi connectivity index (χ1n) is 7.48. The number of carbonyl (C=O) groups excluding carboxylic acids is 1. The molecule has 3 aromatic rings. The highest BCUT2D eigenvalue weighted by Gasteiger charge is 2.17. The molecule has 1 aromatic carbocycles. The van der Waals surface area contributed by atoms with Crippen LogP contribution in [0.5, 0.6) is 0 Å². The van der Waals surface area contributed by atoms with Crippen LogP contribution in [0, 0.1) is 6.92 Å². The zero-order valence-electron chi connectivity index (χ0n) is 13.1. The fourth-order valence-corrected chi connectivity index (χ4v) is 2.93. The van der Waals surface area contributed by atoms with Crippen molar-refractivity contribution in [2.75, 3.05) is 5.75 Å². The van der Waals surface area contributed by atoms with Gasteiger partial charge in [-0.25, -0.2) is 4.98 Å². The number of amides is 1. The average molecular weight is 339 g/mol. The molecule has 2 aromatic heterocycles. The Balaban J connectivity index is 1.71. The van der Waals surface area contributed by atoms with Crippen LogP contribution in [-0.4, -0.2) is 31.8 Å². The lowest BCUT2D eigenvalue weighted by Gasteiger charge is -2.19. The molecule has 1 atom stereocenters. The van der Waals surface area contributed by atoms with E-state index in [4.69, 9.17) is 0 Å². The number of hydrogen-bond acceptors (Lipinski definition) is 5. The number of aromatic amines is 1. The van der Waals surface area contributed by atoms with Gasteiger partial charge in [-0.1, -0.05) is 48.2 Å². The van der Waals surface area contributed by atoms with Crippen molar-refractivity contribution in [2.45, 2.75) is 18.1 Å². The molecular weight excluding hydrogens is 322 g/mol. The number of aryl methyl sites for hydroxylation is 1. The maximum atomic E-state index is 12.4. The van der Waals surface area contributed by atoms with Gasteiger partial charge in [0.25, 0.3) is 0 Å². The molecule has 2 heterocycles. The molecule has 2 N–H and O–H groups in total. The zero-order valence-corrected chi connectivity index (χ0v) is 14.0. The van der Waals surface area contributed by atoms with Gasteiger partial charge >= 0.3 is 0 Å². The molecule has 0 fully saturated rings. The van der Waals surface area contributed by atoms with E-state index in [1.807, 2.05) is 49.4 Å². The van der Waals surface area contributed by atoms with Crippen LogP contribution < -0.4 is 5.32 Å². The standard InChI is InChI=1S/C17H17N5OS/c1-12-19-17(22-21-12)24-11-15(23)20-16(13-6-3-2-4-7-13)14-8-5-9-18-10-14/h2-10,16H,11H2,1H3,(H,20,23)(H,19,21,22)/t16-/m1/s1. The summed E-state index contributed by atoms with van der Waals surface area (Å²) in [5.74, 6) is 0.900. The number of nitrogens with zero attached hydrogens (tertiary/aromatic N) is 3. The third kappa shape index (κ3) is 4.20. The second kappa shape index (κ2) is 7.74. The molecule has 1 amide bonds. The molecule has 0 aliphatic carbocycles. The second-order valence-electron chi connectivity index (χ2n) is 5.19. The van der Waals surface area contributed by atoms with Crippen molar-refractivity contribution in [3.05, 3.63) is 71.8 Å². The lowest BCUT2D eigenvalue weighted by molar-refractivity contribution is -0.119. The predicted molar refractivity (Wildman–Crippen MR) is 92.5 cm³/mol. The van der Waals surface area contributed by atoms with E-state index >= 15 is 0 Å². The van der Waals surface area contributed by atoms with E-state index in [1.54, 1.807) is 12.4 Å². The van der Waals surface area contributed by atoms with Crippen LogP contribution >= 0.6 is 11.8 Å². The topological polar surface area (TPSA) is 83.6 Å². The van der Waals surface area contributed by atoms with Gasteiger partial charge in [0.1, 0.15) is 5.82 Å². The summed E-state index contributed by atoms with van der Waals surface area (Å²) in [4.78, 5) is 20.7. The smallest absolute Gasteiger partial charge is 0.231 e. The number of hydrogen-bond donors (Lipinski definition) is 2. The highest BCUT2D eigenvalue weighted by atomic mass is 32.2. The first-order valence-corrected chi connectivity index (χ1v) is 8.47. The van der Waals surface area contributed by atoms with Crippen molar-refractivity contribution in [3.63, 3.8) is 0 Å². The minimum Gasteiger partial charge on any atom is -0.344 e. The summed E-state index contributed by atoms with van der Waals surface area (Å²) in [7, 11) is 0. The van der Waals surface area contributed by atoms with Crippen molar-refractivity contribution in [2.24, 2.45) is 0 Å². The molecule has 6 nitrogen and oxygen atoms in total. The van der Waals surface area contributed by atoms with Gasteiger partial charge in [0, 0.05) is 12.4 Å². The number of H-pyrrole nitrogens is 1. The second-order valence-corrected chi connectivity index (χ2v) is 6.13. The lowest BCUT2D eigenvalue weighted by Crippen LogP contribution is -2.30. The van der Waals surface area contributed by atoms with E-state index in [0.29, 0.717) is 5.16 Å². The van der Waals surface area contributed by atoms with E-state index < -0.39 is 0 Å². The minimum absolute atomic E-state index is 0.0832. The van der Waals surface area contributed by atoms with Crippen LogP contribution in [0.25, 0.3) is 0 Å². The largest absolute Gasteiger partial charge is 0.344 e. The van der Waals surface area contributed by atoms with Crippen LogP contribution in [-0.2, 0) is 4.79 Å². The minimum atomic E-state index is -0.234. The summed E-state index contributed by atoms with van der Waals surface area (Å²) in [6, 6.07) is 13.4. The highest BCUT2D eigenvalue weighted by molar-refractivity contribution is 7.99. The Labute approximate surface area is 144 Å². The summed E-state index contributed by atoms with van der Waals surface area (Å²) < 4.78 is 0.